The highest BCUT2D eigenvalue weighted by molar-refractivity contribution is 6.31. The van der Waals surface area contributed by atoms with Crippen LogP contribution in [0.4, 0.5) is 0 Å². The van der Waals surface area contributed by atoms with E-state index in [1.165, 1.54) is 38.8 Å². The van der Waals surface area contributed by atoms with Crippen molar-refractivity contribution in [3.05, 3.63) is 16.4 Å². The number of nitrogens with zero attached hydrogens (tertiary/aromatic N) is 3. The molecule has 5 heteroatoms. The summed E-state index contributed by atoms with van der Waals surface area (Å²) in [6.45, 7) is 5.47. The third-order valence-electron chi connectivity index (χ3n) is 4.89. The summed E-state index contributed by atoms with van der Waals surface area (Å²) in [5.41, 5.74) is 2.13. The molecule has 112 valence electrons. The Labute approximate surface area is 126 Å². The molecule has 0 spiro atoms. The zero-order valence-electron chi connectivity index (χ0n) is 12.5. The lowest BCUT2D eigenvalue weighted by atomic mass is 9.99. The van der Waals surface area contributed by atoms with Crippen LogP contribution in [0.25, 0.3) is 0 Å². The summed E-state index contributed by atoms with van der Waals surface area (Å²) in [5.74, 6) is 0. The summed E-state index contributed by atoms with van der Waals surface area (Å²) in [4.78, 5) is 2.66. The van der Waals surface area contributed by atoms with E-state index in [4.69, 9.17) is 11.6 Å². The number of nitrogens with one attached hydrogen (secondary N) is 1. The van der Waals surface area contributed by atoms with Crippen LogP contribution in [0.1, 0.15) is 44.0 Å². The monoisotopic (exact) mass is 296 g/mol. The normalized spacial score (nSPS) is 26.9. The number of aryl methyl sites for hydroxylation is 2. The summed E-state index contributed by atoms with van der Waals surface area (Å²) in [7, 11) is 1.99. The largest absolute Gasteiger partial charge is 0.307 e. The molecule has 2 unspecified atom stereocenters. The molecule has 0 radical (unpaired) electrons. The summed E-state index contributed by atoms with van der Waals surface area (Å²) in [6, 6.07) is 1.35. The number of hydrogen-bond donors (Lipinski definition) is 1. The lowest BCUT2D eigenvalue weighted by Gasteiger charge is -2.32. The van der Waals surface area contributed by atoms with Crippen molar-refractivity contribution < 1.29 is 0 Å². The van der Waals surface area contributed by atoms with Crippen LogP contribution in [0.15, 0.2) is 0 Å². The second-order valence-electron chi connectivity index (χ2n) is 6.06. The highest BCUT2D eigenvalue weighted by Gasteiger charge is 2.35. The standard InChI is InChI=1S/C15H25ClN4/c1-3-11-15(16)14(19(2)18-11)10-17-12-7-9-20-8-5-4-6-13(12)20/h12-13,17H,3-10H2,1-2H3. The van der Waals surface area contributed by atoms with E-state index in [1.54, 1.807) is 0 Å². The Morgan fingerprint density at radius 2 is 2.15 bits per heavy atom. The van der Waals surface area contributed by atoms with E-state index in [2.05, 4.69) is 22.2 Å². The summed E-state index contributed by atoms with van der Waals surface area (Å²) >= 11 is 6.42. The van der Waals surface area contributed by atoms with Crippen LogP contribution < -0.4 is 5.32 Å². The first kappa shape index (κ1) is 14.4. The minimum absolute atomic E-state index is 0.617. The lowest BCUT2D eigenvalue weighted by Crippen LogP contribution is -2.44. The molecule has 2 fully saturated rings. The van der Waals surface area contributed by atoms with Gasteiger partial charge < -0.3 is 5.32 Å². The summed E-state index contributed by atoms with van der Waals surface area (Å²) in [5, 5.41) is 9.07. The second-order valence-corrected chi connectivity index (χ2v) is 6.44. The van der Waals surface area contributed by atoms with E-state index in [9.17, 15) is 0 Å². The van der Waals surface area contributed by atoms with Crippen LogP contribution in [0.5, 0.6) is 0 Å². The van der Waals surface area contributed by atoms with Crippen LogP contribution in [0.3, 0.4) is 0 Å². The number of fused-ring (bicyclic) bond motifs is 1. The molecule has 3 heterocycles. The van der Waals surface area contributed by atoms with Crippen molar-refractivity contribution in [3.63, 3.8) is 0 Å². The molecule has 20 heavy (non-hydrogen) atoms. The Kier molecular flexibility index (Phi) is 4.34. The summed E-state index contributed by atoms with van der Waals surface area (Å²) < 4.78 is 1.93. The van der Waals surface area contributed by atoms with Crippen LogP contribution in [0.2, 0.25) is 5.02 Å². The van der Waals surface area contributed by atoms with E-state index in [1.807, 2.05) is 11.7 Å². The maximum atomic E-state index is 6.42. The average Bonchev–Trinajstić information content (AvgIpc) is 2.99. The first-order valence-electron chi connectivity index (χ1n) is 7.88. The summed E-state index contributed by atoms with van der Waals surface area (Å²) in [6.07, 6.45) is 6.26. The van der Waals surface area contributed by atoms with Gasteiger partial charge in [0.25, 0.3) is 0 Å². The van der Waals surface area contributed by atoms with Crippen LogP contribution >= 0.6 is 11.6 Å². The molecule has 3 rings (SSSR count). The number of aromatic nitrogens is 2. The first-order chi connectivity index (χ1) is 9.70. The van der Waals surface area contributed by atoms with Gasteiger partial charge in [0.2, 0.25) is 0 Å². The van der Waals surface area contributed by atoms with E-state index in [0.29, 0.717) is 6.04 Å². The first-order valence-corrected chi connectivity index (χ1v) is 8.26. The van der Waals surface area contributed by atoms with Gasteiger partial charge in [-0.3, -0.25) is 9.58 Å². The molecular weight excluding hydrogens is 272 g/mol. The number of hydrogen-bond acceptors (Lipinski definition) is 3. The molecule has 0 bridgehead atoms. The second kappa shape index (κ2) is 6.04. The Morgan fingerprint density at radius 3 is 2.90 bits per heavy atom. The van der Waals surface area contributed by atoms with Gasteiger partial charge in [-0.05, 0) is 32.2 Å². The zero-order chi connectivity index (χ0) is 14.1. The topological polar surface area (TPSA) is 33.1 Å². The van der Waals surface area contributed by atoms with E-state index >= 15 is 0 Å². The van der Waals surface area contributed by atoms with Gasteiger partial charge in [-0.25, -0.2) is 0 Å². The third kappa shape index (κ3) is 2.61. The van der Waals surface area contributed by atoms with Crippen molar-refractivity contribution in [2.45, 2.75) is 57.7 Å². The van der Waals surface area contributed by atoms with E-state index < -0.39 is 0 Å². The predicted molar refractivity (Wildman–Crippen MR) is 82.1 cm³/mol. The highest BCUT2D eigenvalue weighted by atomic mass is 35.5. The molecule has 1 aromatic rings. The molecule has 2 saturated heterocycles. The lowest BCUT2D eigenvalue weighted by molar-refractivity contribution is 0.180. The Hall–Kier alpha value is -0.580. The van der Waals surface area contributed by atoms with Crippen molar-refractivity contribution in [1.29, 1.82) is 0 Å². The van der Waals surface area contributed by atoms with Gasteiger partial charge in [0.05, 0.1) is 16.4 Å². The van der Waals surface area contributed by atoms with Gasteiger partial charge in [0, 0.05) is 32.2 Å². The van der Waals surface area contributed by atoms with Gasteiger partial charge in [-0.2, -0.15) is 5.10 Å². The predicted octanol–water partition coefficient (Wildman–Crippen LogP) is 2.35. The van der Waals surface area contributed by atoms with Gasteiger partial charge in [0.1, 0.15) is 0 Å². The Balaban J connectivity index is 1.63. The average molecular weight is 297 g/mol. The van der Waals surface area contributed by atoms with Gasteiger partial charge in [0.15, 0.2) is 0 Å². The molecule has 0 saturated carbocycles. The molecule has 1 N–H and O–H groups in total. The van der Waals surface area contributed by atoms with Crippen LogP contribution in [0, 0.1) is 0 Å². The van der Waals surface area contributed by atoms with Gasteiger partial charge >= 0.3 is 0 Å². The molecule has 2 atom stereocenters. The molecule has 2 aliphatic heterocycles. The fourth-order valence-electron chi connectivity index (χ4n) is 3.73. The Bertz CT molecular complexity index is 471. The SMILES string of the molecule is CCc1nn(C)c(CNC2CCN3CCCCC23)c1Cl. The van der Waals surface area contributed by atoms with Crippen LogP contribution in [-0.2, 0) is 20.0 Å². The number of piperidine rings is 1. The molecular formula is C15H25ClN4. The number of halogens is 1. The van der Waals surface area contributed by atoms with Gasteiger partial charge in [-0.1, -0.05) is 24.9 Å². The number of rotatable bonds is 4. The van der Waals surface area contributed by atoms with Crippen molar-refractivity contribution in [2.75, 3.05) is 13.1 Å². The van der Waals surface area contributed by atoms with E-state index in [-0.39, 0.29) is 0 Å². The van der Waals surface area contributed by atoms with Gasteiger partial charge in [-0.15, -0.1) is 0 Å². The maximum Gasteiger partial charge on any atom is 0.0863 e. The molecule has 4 nitrogen and oxygen atoms in total. The smallest absolute Gasteiger partial charge is 0.0863 e. The highest BCUT2D eigenvalue weighted by Crippen LogP contribution is 2.28. The fourth-order valence-corrected chi connectivity index (χ4v) is 4.09. The van der Waals surface area contributed by atoms with Crippen molar-refractivity contribution in [1.82, 2.24) is 20.0 Å². The molecule has 1 aromatic heterocycles. The molecule has 2 aliphatic rings. The third-order valence-corrected chi connectivity index (χ3v) is 5.33. The Morgan fingerprint density at radius 1 is 1.30 bits per heavy atom. The zero-order valence-corrected chi connectivity index (χ0v) is 13.3. The minimum Gasteiger partial charge on any atom is -0.307 e. The van der Waals surface area contributed by atoms with Crippen molar-refractivity contribution >= 4 is 11.6 Å². The molecule has 0 amide bonds. The molecule has 0 aromatic carbocycles. The molecule has 0 aliphatic carbocycles. The quantitative estimate of drug-likeness (QED) is 0.926. The van der Waals surface area contributed by atoms with Crippen molar-refractivity contribution in [3.8, 4) is 0 Å². The minimum atomic E-state index is 0.617. The maximum absolute atomic E-state index is 6.42. The fraction of sp³-hybridized carbons (Fsp3) is 0.800. The van der Waals surface area contributed by atoms with Crippen molar-refractivity contribution in [2.24, 2.45) is 7.05 Å². The van der Waals surface area contributed by atoms with Crippen LogP contribution in [-0.4, -0.2) is 39.9 Å². The van der Waals surface area contributed by atoms with E-state index in [0.717, 1.165) is 35.4 Å².